The summed E-state index contributed by atoms with van der Waals surface area (Å²) in [5.74, 6) is -1.86. The van der Waals surface area contributed by atoms with Gasteiger partial charge in [-0.05, 0) is 23.4 Å². The maximum Gasteiger partial charge on any atom is 0.248 e. The average Bonchev–Trinajstić information content (AvgIpc) is 3.03. The van der Waals surface area contributed by atoms with E-state index in [1.807, 2.05) is 0 Å². The highest BCUT2D eigenvalue weighted by Crippen LogP contribution is 2.20. The molecule has 0 bridgehead atoms. The van der Waals surface area contributed by atoms with Gasteiger partial charge >= 0.3 is 0 Å². The number of amides is 1. The Morgan fingerprint density at radius 1 is 1.20 bits per heavy atom. The fraction of sp³-hybridized carbons (Fsp3) is 0.125. The van der Waals surface area contributed by atoms with Crippen molar-refractivity contribution in [3.63, 3.8) is 0 Å². The fourth-order valence-electron chi connectivity index (χ4n) is 2.24. The Morgan fingerprint density at radius 2 is 1.92 bits per heavy atom. The maximum absolute atomic E-state index is 13.7. The van der Waals surface area contributed by atoms with E-state index in [1.165, 1.54) is 12.1 Å². The zero-order valence-electron chi connectivity index (χ0n) is 12.8. The Labute approximate surface area is 140 Å². The van der Waals surface area contributed by atoms with Crippen LogP contribution >= 0.6 is 0 Å². The number of nitrogens with zero attached hydrogens (tertiary/aromatic N) is 4. The van der Waals surface area contributed by atoms with Gasteiger partial charge in [0.05, 0.1) is 6.54 Å². The first-order valence-corrected chi connectivity index (χ1v) is 7.25. The number of tetrazole rings is 1. The van der Waals surface area contributed by atoms with Crippen molar-refractivity contribution in [3.05, 3.63) is 65.2 Å². The Kier molecular flexibility index (Phi) is 4.48. The monoisotopic (exact) mass is 345 g/mol. The van der Waals surface area contributed by atoms with Crippen molar-refractivity contribution in [2.45, 2.75) is 12.6 Å². The lowest BCUT2D eigenvalue weighted by Crippen LogP contribution is -2.13. The number of nitrogens with two attached hydrogens (primary N) is 1. The average molecular weight is 345 g/mol. The number of carbonyl (C=O) groups excluding carboxylic acids is 1. The maximum atomic E-state index is 13.7. The van der Waals surface area contributed by atoms with Crippen molar-refractivity contribution >= 4 is 5.91 Å². The van der Waals surface area contributed by atoms with Crippen LogP contribution in [0.4, 0.5) is 8.78 Å². The second kappa shape index (κ2) is 6.73. The van der Waals surface area contributed by atoms with E-state index in [0.717, 1.165) is 16.9 Å². The molecule has 3 N–H and O–H groups in total. The molecule has 9 heteroatoms. The summed E-state index contributed by atoms with van der Waals surface area (Å²) in [7, 11) is 0. The number of rotatable bonds is 5. The van der Waals surface area contributed by atoms with E-state index in [0.29, 0.717) is 17.2 Å². The van der Waals surface area contributed by atoms with Gasteiger partial charge in [-0.15, -0.1) is 10.2 Å². The molecule has 1 unspecified atom stereocenters. The fourth-order valence-corrected chi connectivity index (χ4v) is 2.24. The van der Waals surface area contributed by atoms with E-state index in [4.69, 9.17) is 5.73 Å². The molecule has 0 spiro atoms. The number of carbonyl (C=O) groups is 1. The lowest BCUT2D eigenvalue weighted by Gasteiger charge is -2.10. The molecule has 7 nitrogen and oxygen atoms in total. The summed E-state index contributed by atoms with van der Waals surface area (Å²) in [5, 5.41) is 21.8. The van der Waals surface area contributed by atoms with Crippen molar-refractivity contribution in [2.24, 2.45) is 5.73 Å². The highest BCUT2D eigenvalue weighted by molar-refractivity contribution is 5.93. The van der Waals surface area contributed by atoms with Crippen molar-refractivity contribution in [3.8, 4) is 11.4 Å². The van der Waals surface area contributed by atoms with Gasteiger partial charge in [0, 0.05) is 22.8 Å². The number of aromatic nitrogens is 4. The number of primary amides is 1. The van der Waals surface area contributed by atoms with E-state index < -0.39 is 23.6 Å². The van der Waals surface area contributed by atoms with Crippen LogP contribution in [0.3, 0.4) is 0 Å². The smallest absolute Gasteiger partial charge is 0.248 e. The lowest BCUT2D eigenvalue weighted by atomic mass is 10.1. The molecule has 2 aromatic carbocycles. The van der Waals surface area contributed by atoms with Crippen LogP contribution < -0.4 is 5.73 Å². The van der Waals surface area contributed by atoms with Gasteiger partial charge < -0.3 is 10.8 Å². The summed E-state index contributed by atoms with van der Waals surface area (Å²) in [6.07, 6.45) is -1.26. The number of halogens is 2. The van der Waals surface area contributed by atoms with Crippen LogP contribution in [-0.2, 0) is 6.54 Å². The molecular formula is C16H13F2N5O2. The number of hydrogen-bond acceptors (Lipinski definition) is 5. The summed E-state index contributed by atoms with van der Waals surface area (Å²) >= 11 is 0. The van der Waals surface area contributed by atoms with E-state index in [1.54, 1.807) is 12.1 Å². The third-order valence-corrected chi connectivity index (χ3v) is 3.54. The Bertz CT molecular complexity index is 911. The molecule has 1 aromatic heterocycles. The number of hydrogen-bond donors (Lipinski definition) is 2. The first-order chi connectivity index (χ1) is 11.9. The predicted octanol–water partition coefficient (Wildman–Crippen LogP) is 1.45. The second-order valence-corrected chi connectivity index (χ2v) is 5.29. The summed E-state index contributed by atoms with van der Waals surface area (Å²) in [4.78, 5) is 12.2. The van der Waals surface area contributed by atoms with Gasteiger partial charge in [-0.2, -0.15) is 4.80 Å². The largest absolute Gasteiger partial charge is 0.386 e. The second-order valence-electron chi connectivity index (χ2n) is 5.29. The summed E-state index contributed by atoms with van der Waals surface area (Å²) in [5.41, 5.74) is 6.05. The number of aliphatic hydroxyl groups excluding tert-OH is 1. The van der Waals surface area contributed by atoms with Gasteiger partial charge in [0.1, 0.15) is 17.7 Å². The molecule has 0 saturated heterocycles. The van der Waals surface area contributed by atoms with Gasteiger partial charge in [0.2, 0.25) is 11.7 Å². The van der Waals surface area contributed by atoms with Crippen LogP contribution in [0.2, 0.25) is 0 Å². The molecular weight excluding hydrogens is 332 g/mol. The molecule has 25 heavy (non-hydrogen) atoms. The van der Waals surface area contributed by atoms with Gasteiger partial charge in [-0.1, -0.05) is 18.2 Å². The van der Waals surface area contributed by atoms with Crippen molar-refractivity contribution in [2.75, 3.05) is 0 Å². The molecule has 1 heterocycles. The minimum absolute atomic E-state index is 0.0638. The van der Waals surface area contributed by atoms with Crippen LogP contribution in [0.5, 0.6) is 0 Å². The van der Waals surface area contributed by atoms with E-state index in [9.17, 15) is 18.7 Å². The van der Waals surface area contributed by atoms with Crippen molar-refractivity contribution in [1.29, 1.82) is 0 Å². The zero-order valence-corrected chi connectivity index (χ0v) is 12.8. The molecule has 0 saturated carbocycles. The highest BCUT2D eigenvalue weighted by Gasteiger charge is 2.16. The number of benzene rings is 2. The van der Waals surface area contributed by atoms with Crippen LogP contribution in [0.25, 0.3) is 11.4 Å². The van der Waals surface area contributed by atoms with Crippen molar-refractivity contribution in [1.82, 2.24) is 20.2 Å². The molecule has 0 radical (unpaired) electrons. The molecule has 0 aliphatic heterocycles. The van der Waals surface area contributed by atoms with E-state index in [-0.39, 0.29) is 17.9 Å². The molecule has 128 valence electrons. The minimum atomic E-state index is -1.26. The zero-order chi connectivity index (χ0) is 18.0. The first kappa shape index (κ1) is 16.7. The molecule has 3 rings (SSSR count). The van der Waals surface area contributed by atoms with Gasteiger partial charge in [0.25, 0.3) is 0 Å². The Morgan fingerprint density at radius 3 is 2.56 bits per heavy atom. The van der Waals surface area contributed by atoms with Crippen LogP contribution in [0.15, 0.2) is 42.5 Å². The first-order valence-electron chi connectivity index (χ1n) is 7.25. The third-order valence-electron chi connectivity index (χ3n) is 3.54. The highest BCUT2D eigenvalue weighted by atomic mass is 19.1. The quantitative estimate of drug-likeness (QED) is 0.728. The molecule has 1 atom stereocenters. The van der Waals surface area contributed by atoms with Gasteiger partial charge in [-0.3, -0.25) is 4.79 Å². The Balaban J connectivity index is 1.76. The molecule has 1 amide bonds. The lowest BCUT2D eigenvalue weighted by molar-refractivity contribution is 0.1000. The summed E-state index contributed by atoms with van der Waals surface area (Å²) in [6, 6.07) is 9.19. The normalized spacial score (nSPS) is 12.1. The van der Waals surface area contributed by atoms with Gasteiger partial charge in [-0.25, -0.2) is 8.78 Å². The number of aliphatic hydroxyl groups is 1. The van der Waals surface area contributed by atoms with Gasteiger partial charge in [0.15, 0.2) is 0 Å². The SMILES string of the molecule is NC(=O)c1ccc(-c2nnn(CC(O)c3ccc(F)cc3F)n2)cc1. The van der Waals surface area contributed by atoms with Crippen molar-refractivity contribution < 1.29 is 18.7 Å². The topological polar surface area (TPSA) is 107 Å². The van der Waals surface area contributed by atoms with Crippen LogP contribution in [0, 0.1) is 11.6 Å². The Hall–Kier alpha value is -3.20. The minimum Gasteiger partial charge on any atom is -0.386 e. The molecule has 0 aliphatic carbocycles. The summed E-state index contributed by atoms with van der Waals surface area (Å²) < 4.78 is 26.6. The van der Waals surface area contributed by atoms with E-state index in [2.05, 4.69) is 15.4 Å². The molecule has 0 fully saturated rings. The van der Waals surface area contributed by atoms with Crippen LogP contribution in [-0.4, -0.2) is 31.2 Å². The standard InChI is InChI=1S/C16H13F2N5O2/c17-11-5-6-12(13(18)7-11)14(24)8-23-21-16(20-22-23)10-3-1-9(2-4-10)15(19)25/h1-7,14,24H,8H2,(H2,19,25). The molecule has 3 aromatic rings. The summed E-state index contributed by atoms with van der Waals surface area (Å²) in [6.45, 7) is -0.158. The predicted molar refractivity (Wildman–Crippen MR) is 83.1 cm³/mol. The van der Waals surface area contributed by atoms with E-state index >= 15 is 0 Å². The third kappa shape index (κ3) is 3.66. The van der Waals surface area contributed by atoms with Crippen LogP contribution in [0.1, 0.15) is 22.0 Å². The molecule has 0 aliphatic rings.